The number of benzene rings is 2. The number of nitrogens with zero attached hydrogens (tertiary/aromatic N) is 2. The molecule has 0 aliphatic carbocycles. The van der Waals surface area contributed by atoms with Gasteiger partial charge in [0.05, 0.1) is 17.7 Å². The second-order valence-electron chi connectivity index (χ2n) is 6.60. The third kappa shape index (κ3) is 3.39. The Balaban J connectivity index is 1.99. The zero-order valence-electron chi connectivity index (χ0n) is 16.0. The van der Waals surface area contributed by atoms with Crippen LogP contribution in [0.5, 0.6) is 5.75 Å². The van der Waals surface area contributed by atoms with Crippen molar-refractivity contribution >= 4 is 27.3 Å². The second-order valence-corrected chi connectivity index (χ2v) is 8.46. The maximum absolute atomic E-state index is 13.2. The summed E-state index contributed by atoms with van der Waals surface area (Å²) in [6.45, 7) is 5.60. The fourth-order valence-corrected chi connectivity index (χ4v) is 5.14. The van der Waals surface area contributed by atoms with Crippen LogP contribution in [-0.4, -0.2) is 34.0 Å². The fraction of sp³-hybridized carbons (Fsp3) is 0.350. The summed E-state index contributed by atoms with van der Waals surface area (Å²) >= 11 is 0. The molecule has 7 heteroatoms. The lowest BCUT2D eigenvalue weighted by Crippen LogP contribution is -2.33. The molecule has 0 fully saturated rings. The fourth-order valence-electron chi connectivity index (χ4n) is 3.61. The van der Waals surface area contributed by atoms with E-state index in [1.165, 1.54) is 11.2 Å². The first-order chi connectivity index (χ1) is 12.8. The summed E-state index contributed by atoms with van der Waals surface area (Å²) in [6.07, 6.45) is 0.646. The van der Waals surface area contributed by atoms with Gasteiger partial charge in [-0.25, -0.2) is 8.42 Å². The minimum absolute atomic E-state index is 0.0271. The molecule has 0 radical (unpaired) electrons. The number of sulfonamides is 1. The van der Waals surface area contributed by atoms with Crippen molar-refractivity contribution in [2.24, 2.45) is 0 Å². The third-order valence-corrected chi connectivity index (χ3v) is 6.74. The molecule has 0 spiro atoms. The maximum atomic E-state index is 13.2. The Hall–Kier alpha value is -2.54. The molecule has 1 aliphatic heterocycles. The van der Waals surface area contributed by atoms with E-state index in [0.29, 0.717) is 24.4 Å². The van der Waals surface area contributed by atoms with E-state index in [1.54, 1.807) is 61.4 Å². The average Bonchev–Trinajstić information content (AvgIpc) is 2.97. The molecule has 144 valence electrons. The number of carbonyl (C=O) groups is 1. The van der Waals surface area contributed by atoms with Crippen LogP contribution in [0.25, 0.3) is 0 Å². The Labute approximate surface area is 160 Å². The number of amides is 1. The van der Waals surface area contributed by atoms with E-state index < -0.39 is 10.0 Å². The Morgan fingerprint density at radius 2 is 1.89 bits per heavy atom. The molecule has 1 heterocycles. The Morgan fingerprint density at radius 1 is 1.22 bits per heavy atom. The van der Waals surface area contributed by atoms with E-state index in [-0.39, 0.29) is 16.8 Å². The molecule has 27 heavy (non-hydrogen) atoms. The van der Waals surface area contributed by atoms with Crippen LogP contribution in [0.1, 0.15) is 26.3 Å². The topological polar surface area (TPSA) is 66.9 Å². The summed E-state index contributed by atoms with van der Waals surface area (Å²) in [4.78, 5) is 13.8. The van der Waals surface area contributed by atoms with Gasteiger partial charge in [0.2, 0.25) is 5.91 Å². The predicted molar refractivity (Wildman–Crippen MR) is 106 cm³/mol. The quantitative estimate of drug-likeness (QED) is 0.789. The molecule has 0 saturated carbocycles. The number of anilines is 2. The van der Waals surface area contributed by atoms with Crippen molar-refractivity contribution < 1.29 is 17.9 Å². The van der Waals surface area contributed by atoms with Gasteiger partial charge in [-0.1, -0.05) is 0 Å². The first kappa shape index (κ1) is 19.2. The van der Waals surface area contributed by atoms with Crippen molar-refractivity contribution in [2.45, 2.75) is 38.1 Å². The number of rotatable bonds is 5. The molecule has 1 atom stereocenters. The van der Waals surface area contributed by atoms with Crippen molar-refractivity contribution in [3.05, 3.63) is 48.0 Å². The molecular weight excluding hydrogens is 364 g/mol. The molecule has 1 unspecified atom stereocenters. The molecular formula is C20H24N2O4S. The molecule has 0 saturated heterocycles. The number of hydrogen-bond donors (Lipinski definition) is 0. The van der Waals surface area contributed by atoms with Gasteiger partial charge in [0.15, 0.2) is 0 Å². The van der Waals surface area contributed by atoms with Crippen molar-refractivity contribution in [3.63, 3.8) is 0 Å². The summed E-state index contributed by atoms with van der Waals surface area (Å²) in [7, 11) is -2.14. The third-order valence-electron chi connectivity index (χ3n) is 4.84. The highest BCUT2D eigenvalue weighted by molar-refractivity contribution is 7.92. The van der Waals surface area contributed by atoms with Crippen LogP contribution in [0.2, 0.25) is 0 Å². The van der Waals surface area contributed by atoms with E-state index in [0.717, 1.165) is 11.3 Å². The largest absolute Gasteiger partial charge is 0.497 e. The van der Waals surface area contributed by atoms with Crippen LogP contribution in [0.4, 0.5) is 11.4 Å². The lowest BCUT2D eigenvalue weighted by atomic mass is 10.1. The van der Waals surface area contributed by atoms with Crippen molar-refractivity contribution in [1.29, 1.82) is 0 Å². The summed E-state index contributed by atoms with van der Waals surface area (Å²) < 4.78 is 33.0. The highest BCUT2D eigenvalue weighted by Gasteiger charge is 2.31. The Kier molecular flexibility index (Phi) is 5.15. The van der Waals surface area contributed by atoms with Crippen LogP contribution >= 0.6 is 0 Å². The zero-order chi connectivity index (χ0) is 19.8. The first-order valence-electron chi connectivity index (χ1n) is 8.89. The molecule has 6 nitrogen and oxygen atoms in total. The lowest BCUT2D eigenvalue weighted by molar-refractivity contribution is -0.116. The van der Waals surface area contributed by atoms with Gasteiger partial charge in [-0.2, -0.15) is 0 Å². The monoisotopic (exact) mass is 388 g/mol. The lowest BCUT2D eigenvalue weighted by Gasteiger charge is -2.24. The van der Waals surface area contributed by atoms with Crippen LogP contribution in [0.15, 0.2) is 47.4 Å². The molecule has 0 bridgehead atoms. The van der Waals surface area contributed by atoms with Gasteiger partial charge < -0.3 is 9.64 Å². The molecule has 1 amide bonds. The summed E-state index contributed by atoms with van der Waals surface area (Å²) in [5.74, 6) is 0.633. The van der Waals surface area contributed by atoms with Crippen LogP contribution in [0, 0.1) is 0 Å². The maximum Gasteiger partial charge on any atom is 0.264 e. The predicted octanol–water partition coefficient (Wildman–Crippen LogP) is 3.21. The Morgan fingerprint density at radius 3 is 2.44 bits per heavy atom. The van der Waals surface area contributed by atoms with Crippen LogP contribution in [-0.2, 0) is 21.2 Å². The number of carbonyl (C=O) groups excluding carboxylic acids is 1. The molecule has 3 rings (SSSR count). The van der Waals surface area contributed by atoms with Crippen molar-refractivity contribution in [2.75, 3.05) is 22.9 Å². The number of hydrogen-bond acceptors (Lipinski definition) is 4. The van der Waals surface area contributed by atoms with Gasteiger partial charge in [-0.15, -0.1) is 0 Å². The standard InChI is InChI=1S/C20H24N2O4S/c1-5-21(17-6-8-18(26-4)9-7-17)27(24,25)19-10-11-20-16(13-19)12-14(2)22(20)15(3)23/h6-11,13-14H,5,12H2,1-4H3. The van der Waals surface area contributed by atoms with Crippen molar-refractivity contribution in [3.8, 4) is 5.75 Å². The SMILES string of the molecule is CCN(c1ccc(OC)cc1)S(=O)(=O)c1ccc2c(c1)CC(C)N2C(C)=O. The minimum atomic E-state index is -3.71. The van der Waals surface area contributed by atoms with Crippen LogP contribution < -0.4 is 13.9 Å². The van der Waals surface area contributed by atoms with Crippen molar-refractivity contribution in [1.82, 2.24) is 0 Å². The number of fused-ring (bicyclic) bond motifs is 1. The first-order valence-corrected chi connectivity index (χ1v) is 10.3. The van der Waals surface area contributed by atoms with Gasteiger partial charge in [0, 0.05) is 25.2 Å². The van der Waals surface area contributed by atoms with Gasteiger partial charge in [-0.3, -0.25) is 9.10 Å². The highest BCUT2D eigenvalue weighted by atomic mass is 32.2. The molecule has 2 aromatic rings. The molecule has 0 N–H and O–H groups in total. The summed E-state index contributed by atoms with van der Waals surface area (Å²) in [5, 5.41) is 0. The zero-order valence-corrected chi connectivity index (χ0v) is 16.8. The van der Waals surface area contributed by atoms with Crippen LogP contribution in [0.3, 0.4) is 0 Å². The smallest absolute Gasteiger partial charge is 0.264 e. The van der Waals surface area contributed by atoms with Gasteiger partial charge in [0.25, 0.3) is 10.0 Å². The van der Waals surface area contributed by atoms with E-state index in [4.69, 9.17) is 4.74 Å². The molecule has 0 aromatic heterocycles. The van der Waals surface area contributed by atoms with Gasteiger partial charge >= 0.3 is 0 Å². The van der Waals surface area contributed by atoms with Gasteiger partial charge in [0.1, 0.15) is 5.75 Å². The Bertz CT molecular complexity index is 954. The van der Waals surface area contributed by atoms with E-state index in [1.807, 2.05) is 6.92 Å². The second kappa shape index (κ2) is 7.23. The summed E-state index contributed by atoms with van der Waals surface area (Å²) in [6, 6.07) is 12.0. The minimum Gasteiger partial charge on any atom is -0.497 e. The van der Waals surface area contributed by atoms with Gasteiger partial charge in [-0.05, 0) is 68.3 Å². The normalized spacial score (nSPS) is 16.1. The average molecular weight is 388 g/mol. The number of methoxy groups -OCH3 is 1. The molecule has 1 aliphatic rings. The highest BCUT2D eigenvalue weighted by Crippen LogP contribution is 2.35. The van der Waals surface area contributed by atoms with E-state index in [9.17, 15) is 13.2 Å². The van der Waals surface area contributed by atoms with E-state index >= 15 is 0 Å². The number of ether oxygens (including phenoxy) is 1. The molecule has 2 aromatic carbocycles. The summed E-state index contributed by atoms with van der Waals surface area (Å²) in [5.41, 5.74) is 2.25. The van der Waals surface area contributed by atoms with E-state index in [2.05, 4.69) is 0 Å².